The van der Waals surface area contributed by atoms with E-state index in [1.54, 1.807) is 0 Å². The summed E-state index contributed by atoms with van der Waals surface area (Å²) in [6.45, 7) is 6.61. The monoisotopic (exact) mass is 322 g/mol. The van der Waals surface area contributed by atoms with Crippen LogP contribution in [0.15, 0.2) is 22.7 Å². The van der Waals surface area contributed by atoms with Crippen LogP contribution in [0.25, 0.3) is 0 Å². The molecule has 0 bridgehead atoms. The van der Waals surface area contributed by atoms with Gasteiger partial charge in [0.05, 0.1) is 11.6 Å². The van der Waals surface area contributed by atoms with Crippen LogP contribution in [0.3, 0.4) is 0 Å². The number of hydrogen-bond donors (Lipinski definition) is 2. The molecule has 1 saturated heterocycles. The Morgan fingerprint density at radius 1 is 1.37 bits per heavy atom. The van der Waals surface area contributed by atoms with Crippen molar-refractivity contribution in [2.75, 3.05) is 44.6 Å². The van der Waals surface area contributed by atoms with Crippen LogP contribution in [0.4, 0.5) is 5.69 Å². The number of nitrogens with zero attached hydrogens (tertiary/aromatic N) is 2. The Hall–Kier alpha value is -1.09. The minimum Gasteiger partial charge on any atom is -0.384 e. The number of piperazine rings is 1. The van der Waals surface area contributed by atoms with Crippen LogP contribution in [0.1, 0.15) is 12.0 Å². The largest absolute Gasteiger partial charge is 0.384 e. The average molecular weight is 323 g/mol. The van der Waals surface area contributed by atoms with Gasteiger partial charge in [0.2, 0.25) is 0 Å². The average Bonchev–Trinajstić information content (AvgIpc) is 2.46. The minimum absolute atomic E-state index is 0.679. The van der Waals surface area contributed by atoms with Crippen LogP contribution in [-0.4, -0.2) is 44.2 Å². The molecular formula is C14H19BrN4. The van der Waals surface area contributed by atoms with E-state index >= 15 is 0 Å². The highest BCUT2D eigenvalue weighted by Crippen LogP contribution is 2.23. The molecule has 0 aliphatic carbocycles. The third-order valence-electron chi connectivity index (χ3n) is 3.27. The summed E-state index contributed by atoms with van der Waals surface area (Å²) in [6.07, 6.45) is 1.13. The molecule has 1 aliphatic rings. The van der Waals surface area contributed by atoms with E-state index in [1.165, 1.54) is 0 Å². The first-order valence-corrected chi connectivity index (χ1v) is 7.45. The van der Waals surface area contributed by atoms with Gasteiger partial charge in [-0.15, -0.1) is 0 Å². The standard InChI is InChI=1S/C14H19BrN4/c15-13-10-12(11-16)2-3-14(13)18-4-1-7-19-8-5-17-6-9-19/h2-3,10,17-18H,1,4-9H2. The second-order valence-electron chi connectivity index (χ2n) is 4.68. The molecule has 1 aliphatic heterocycles. The Kier molecular flexibility index (Phi) is 5.64. The van der Waals surface area contributed by atoms with Gasteiger partial charge in [0.1, 0.15) is 0 Å². The van der Waals surface area contributed by atoms with Crippen molar-refractivity contribution in [3.8, 4) is 6.07 Å². The summed E-state index contributed by atoms with van der Waals surface area (Å²) >= 11 is 3.48. The highest BCUT2D eigenvalue weighted by Gasteiger charge is 2.08. The molecular weight excluding hydrogens is 304 g/mol. The summed E-state index contributed by atoms with van der Waals surface area (Å²) in [7, 11) is 0. The summed E-state index contributed by atoms with van der Waals surface area (Å²) in [5.41, 5.74) is 1.73. The number of rotatable bonds is 5. The fraction of sp³-hybridized carbons (Fsp3) is 0.500. The van der Waals surface area contributed by atoms with Crippen LogP contribution >= 0.6 is 15.9 Å². The van der Waals surface area contributed by atoms with E-state index in [4.69, 9.17) is 5.26 Å². The second kappa shape index (κ2) is 7.49. The van der Waals surface area contributed by atoms with Crippen molar-refractivity contribution in [1.82, 2.24) is 10.2 Å². The zero-order chi connectivity index (χ0) is 13.5. The normalized spacial score (nSPS) is 16.0. The van der Waals surface area contributed by atoms with E-state index < -0.39 is 0 Å². The maximum Gasteiger partial charge on any atom is 0.0992 e. The maximum absolute atomic E-state index is 8.81. The summed E-state index contributed by atoms with van der Waals surface area (Å²) < 4.78 is 0.953. The Bertz CT molecular complexity index is 449. The lowest BCUT2D eigenvalue weighted by Gasteiger charge is -2.27. The molecule has 19 heavy (non-hydrogen) atoms. The van der Waals surface area contributed by atoms with E-state index in [1.807, 2.05) is 18.2 Å². The van der Waals surface area contributed by atoms with Crippen molar-refractivity contribution in [2.24, 2.45) is 0 Å². The number of nitriles is 1. The third-order valence-corrected chi connectivity index (χ3v) is 3.93. The number of anilines is 1. The fourth-order valence-corrected chi connectivity index (χ4v) is 2.71. The molecule has 0 radical (unpaired) electrons. The molecule has 2 N–H and O–H groups in total. The Balaban J connectivity index is 1.72. The van der Waals surface area contributed by atoms with Crippen molar-refractivity contribution in [3.05, 3.63) is 28.2 Å². The van der Waals surface area contributed by atoms with Crippen molar-refractivity contribution in [1.29, 1.82) is 5.26 Å². The molecule has 1 aromatic carbocycles. The van der Waals surface area contributed by atoms with Gasteiger partial charge < -0.3 is 15.5 Å². The highest BCUT2D eigenvalue weighted by molar-refractivity contribution is 9.10. The van der Waals surface area contributed by atoms with Crippen LogP contribution in [-0.2, 0) is 0 Å². The van der Waals surface area contributed by atoms with Gasteiger partial charge >= 0.3 is 0 Å². The van der Waals surface area contributed by atoms with Gasteiger partial charge in [-0.3, -0.25) is 0 Å². The predicted octanol–water partition coefficient (Wildman–Crippen LogP) is 2.03. The first-order chi connectivity index (χ1) is 9.29. The molecule has 0 atom stereocenters. The zero-order valence-corrected chi connectivity index (χ0v) is 12.5. The predicted molar refractivity (Wildman–Crippen MR) is 81.3 cm³/mol. The van der Waals surface area contributed by atoms with E-state index in [-0.39, 0.29) is 0 Å². The van der Waals surface area contributed by atoms with Gasteiger partial charge in [-0.1, -0.05) is 0 Å². The van der Waals surface area contributed by atoms with Gasteiger partial charge in [0.15, 0.2) is 0 Å². The third kappa shape index (κ3) is 4.50. The van der Waals surface area contributed by atoms with Crippen molar-refractivity contribution in [2.45, 2.75) is 6.42 Å². The number of benzene rings is 1. The van der Waals surface area contributed by atoms with Crippen LogP contribution in [0.2, 0.25) is 0 Å². The van der Waals surface area contributed by atoms with Crippen LogP contribution < -0.4 is 10.6 Å². The lowest BCUT2D eigenvalue weighted by molar-refractivity contribution is 0.240. The molecule has 1 heterocycles. The minimum atomic E-state index is 0.679. The van der Waals surface area contributed by atoms with Crippen molar-refractivity contribution < 1.29 is 0 Å². The highest BCUT2D eigenvalue weighted by atomic mass is 79.9. The van der Waals surface area contributed by atoms with Gasteiger partial charge in [-0.25, -0.2) is 0 Å². The molecule has 0 spiro atoms. The molecule has 2 rings (SSSR count). The first-order valence-electron chi connectivity index (χ1n) is 6.66. The summed E-state index contributed by atoms with van der Waals surface area (Å²) in [6, 6.07) is 7.77. The first kappa shape index (κ1) is 14.3. The summed E-state index contributed by atoms with van der Waals surface area (Å²) in [4.78, 5) is 2.49. The van der Waals surface area contributed by atoms with Crippen LogP contribution in [0, 0.1) is 11.3 Å². The molecule has 0 saturated carbocycles. The smallest absolute Gasteiger partial charge is 0.0992 e. The quantitative estimate of drug-likeness (QED) is 0.814. The second-order valence-corrected chi connectivity index (χ2v) is 5.53. The van der Waals surface area contributed by atoms with Gasteiger partial charge in [0, 0.05) is 42.9 Å². The van der Waals surface area contributed by atoms with E-state index in [9.17, 15) is 0 Å². The van der Waals surface area contributed by atoms with Gasteiger partial charge in [0.25, 0.3) is 0 Å². The molecule has 4 nitrogen and oxygen atoms in total. The molecule has 0 amide bonds. The number of halogens is 1. The fourth-order valence-electron chi connectivity index (χ4n) is 2.19. The summed E-state index contributed by atoms with van der Waals surface area (Å²) in [5, 5.41) is 15.6. The molecule has 0 unspecified atom stereocenters. The van der Waals surface area contributed by atoms with E-state index in [0.29, 0.717) is 5.56 Å². The lowest BCUT2D eigenvalue weighted by Crippen LogP contribution is -2.44. The molecule has 1 aromatic rings. The topological polar surface area (TPSA) is 51.1 Å². The van der Waals surface area contributed by atoms with Crippen molar-refractivity contribution >= 4 is 21.6 Å². The number of nitrogens with one attached hydrogen (secondary N) is 2. The number of hydrogen-bond acceptors (Lipinski definition) is 4. The Labute approximate surface area is 122 Å². The molecule has 5 heteroatoms. The SMILES string of the molecule is N#Cc1ccc(NCCCN2CCNCC2)c(Br)c1. The zero-order valence-electron chi connectivity index (χ0n) is 11.0. The maximum atomic E-state index is 8.81. The Morgan fingerprint density at radius 2 is 2.16 bits per heavy atom. The molecule has 0 aromatic heterocycles. The van der Waals surface area contributed by atoms with Crippen LogP contribution in [0.5, 0.6) is 0 Å². The van der Waals surface area contributed by atoms with Crippen molar-refractivity contribution in [3.63, 3.8) is 0 Å². The summed E-state index contributed by atoms with van der Waals surface area (Å²) in [5.74, 6) is 0. The molecule has 1 fully saturated rings. The van der Waals surface area contributed by atoms with Gasteiger partial charge in [-0.2, -0.15) is 5.26 Å². The Morgan fingerprint density at radius 3 is 2.84 bits per heavy atom. The lowest BCUT2D eigenvalue weighted by atomic mass is 10.2. The van der Waals surface area contributed by atoms with E-state index in [0.717, 1.165) is 55.8 Å². The van der Waals surface area contributed by atoms with E-state index in [2.05, 4.69) is 37.5 Å². The van der Waals surface area contributed by atoms with Gasteiger partial charge in [-0.05, 0) is 47.1 Å². The molecule has 102 valence electrons.